The Bertz CT molecular complexity index is 1090. The molecule has 3 atom stereocenters. The molecule has 1 aliphatic carbocycles. The molecule has 0 saturated carbocycles. The molecule has 3 aliphatic rings. The molecular formula is C27H37N5O3. The van der Waals surface area contributed by atoms with Gasteiger partial charge in [0.1, 0.15) is 12.1 Å². The van der Waals surface area contributed by atoms with Crippen molar-refractivity contribution in [3.63, 3.8) is 0 Å². The quantitative estimate of drug-likeness (QED) is 0.518. The minimum absolute atomic E-state index is 0.0303. The second kappa shape index (κ2) is 9.59. The minimum Gasteiger partial charge on any atom is -0.625 e. The zero-order valence-corrected chi connectivity index (χ0v) is 21.2. The lowest BCUT2D eigenvalue weighted by Gasteiger charge is -2.43. The van der Waals surface area contributed by atoms with Gasteiger partial charge in [0, 0.05) is 51.5 Å². The molecule has 0 aromatic heterocycles. The molecule has 35 heavy (non-hydrogen) atoms. The average molecular weight is 480 g/mol. The van der Waals surface area contributed by atoms with Crippen LogP contribution in [0.5, 0.6) is 0 Å². The van der Waals surface area contributed by atoms with E-state index in [1.807, 2.05) is 36.1 Å². The Morgan fingerprint density at radius 3 is 2.66 bits per heavy atom. The van der Waals surface area contributed by atoms with E-state index in [0.29, 0.717) is 31.7 Å². The first kappa shape index (κ1) is 25.1. The number of carbonyl (C=O) groups is 2. The average Bonchev–Trinajstić information content (AvgIpc) is 3.07. The number of quaternary nitrogens is 1. The third-order valence-corrected chi connectivity index (χ3v) is 7.69. The second-order valence-corrected chi connectivity index (χ2v) is 10.7. The number of allylic oxidation sites excluding steroid dienone is 3. The molecule has 1 saturated heterocycles. The van der Waals surface area contributed by atoms with Gasteiger partial charge in [0.2, 0.25) is 5.91 Å². The van der Waals surface area contributed by atoms with Crippen LogP contribution in [0.15, 0.2) is 47.5 Å². The third-order valence-electron chi connectivity index (χ3n) is 7.69. The van der Waals surface area contributed by atoms with Gasteiger partial charge in [0.25, 0.3) is 11.9 Å². The standard InChI is InChI=1S/C27H37N5O3/c1-19(33)31-13-11-20(12-14-31)17-32(35)18-27(2,29-26(32)28)24-10-6-8-22(16-24)21-7-5-9-23(15-21)25(34)30(3)4/h5-9,15-16,20,24H,10-14,17-18H2,1-4H3,(H2,28,29). The van der Waals surface area contributed by atoms with Gasteiger partial charge >= 0.3 is 0 Å². The van der Waals surface area contributed by atoms with Crippen molar-refractivity contribution >= 4 is 23.3 Å². The monoisotopic (exact) mass is 479 g/mol. The summed E-state index contributed by atoms with van der Waals surface area (Å²) in [5, 5.41) is 13.8. The van der Waals surface area contributed by atoms with Gasteiger partial charge in [-0.1, -0.05) is 30.4 Å². The first-order valence-corrected chi connectivity index (χ1v) is 12.4. The molecule has 3 unspecified atom stereocenters. The van der Waals surface area contributed by atoms with E-state index in [-0.39, 0.29) is 29.6 Å². The maximum absolute atomic E-state index is 13.8. The second-order valence-electron chi connectivity index (χ2n) is 10.7. The molecule has 0 bridgehead atoms. The van der Waals surface area contributed by atoms with Crippen molar-refractivity contribution in [3.05, 3.63) is 58.8 Å². The Morgan fingerprint density at radius 1 is 1.29 bits per heavy atom. The van der Waals surface area contributed by atoms with E-state index in [0.717, 1.165) is 30.4 Å². The number of hydroxylamine groups is 3. The van der Waals surface area contributed by atoms with E-state index < -0.39 is 10.2 Å². The van der Waals surface area contributed by atoms with E-state index in [1.54, 1.807) is 25.9 Å². The first-order valence-electron chi connectivity index (χ1n) is 12.4. The lowest BCUT2D eigenvalue weighted by molar-refractivity contribution is -0.792. The van der Waals surface area contributed by atoms with Gasteiger partial charge in [-0.3, -0.25) is 14.2 Å². The maximum atomic E-state index is 13.8. The summed E-state index contributed by atoms with van der Waals surface area (Å²) in [5.41, 5.74) is 8.32. The predicted molar refractivity (Wildman–Crippen MR) is 138 cm³/mol. The molecule has 1 fully saturated rings. The lowest BCUT2D eigenvalue weighted by atomic mass is 9.79. The molecule has 2 N–H and O–H groups in total. The molecule has 8 heteroatoms. The number of rotatable bonds is 5. The number of nitrogens with two attached hydrogens (primary N) is 1. The van der Waals surface area contributed by atoms with Gasteiger partial charge in [0.05, 0.1) is 6.54 Å². The van der Waals surface area contributed by atoms with Crippen molar-refractivity contribution in [2.45, 2.75) is 38.6 Å². The van der Waals surface area contributed by atoms with E-state index >= 15 is 0 Å². The summed E-state index contributed by atoms with van der Waals surface area (Å²) in [5.74, 6) is 0.473. The number of amides is 2. The van der Waals surface area contributed by atoms with Gasteiger partial charge in [-0.25, -0.2) is 4.99 Å². The van der Waals surface area contributed by atoms with Crippen molar-refractivity contribution < 1.29 is 14.2 Å². The van der Waals surface area contributed by atoms with Crippen LogP contribution in [-0.4, -0.2) is 78.0 Å². The number of piperidine rings is 1. The number of guanidine groups is 1. The number of carbonyl (C=O) groups excluding carboxylic acids is 2. The van der Waals surface area contributed by atoms with Crippen LogP contribution in [0, 0.1) is 17.0 Å². The minimum atomic E-state index is -0.598. The zero-order valence-electron chi connectivity index (χ0n) is 21.2. The highest BCUT2D eigenvalue weighted by Gasteiger charge is 2.48. The lowest BCUT2D eigenvalue weighted by Crippen LogP contribution is -2.55. The molecule has 2 amide bonds. The molecule has 1 aromatic carbocycles. The normalized spacial score (nSPS) is 29.1. The molecule has 8 nitrogen and oxygen atoms in total. The Labute approximate surface area is 207 Å². The fraction of sp³-hybridized carbons (Fsp3) is 0.519. The van der Waals surface area contributed by atoms with Crippen molar-refractivity contribution in [1.29, 1.82) is 0 Å². The van der Waals surface area contributed by atoms with E-state index in [9.17, 15) is 14.8 Å². The molecule has 188 valence electrons. The van der Waals surface area contributed by atoms with Crippen molar-refractivity contribution in [1.82, 2.24) is 9.80 Å². The SMILES string of the molecule is CC(=O)N1CCC(C[N+]2([O-])CC(C)(C3C=C(c4cccc(C(=O)N(C)C)c4)C=CC3)N=C2N)CC1. The van der Waals surface area contributed by atoms with E-state index in [4.69, 9.17) is 10.7 Å². The van der Waals surface area contributed by atoms with Crippen LogP contribution in [0.1, 0.15) is 49.0 Å². The Hall–Kier alpha value is -2.97. The summed E-state index contributed by atoms with van der Waals surface area (Å²) in [6.07, 6.45) is 8.80. The molecule has 0 spiro atoms. The van der Waals surface area contributed by atoms with Crippen LogP contribution in [0.25, 0.3) is 5.57 Å². The molecular weight excluding hydrogens is 442 g/mol. The topological polar surface area (TPSA) is 102 Å². The molecule has 2 aliphatic heterocycles. The highest BCUT2D eigenvalue weighted by Crippen LogP contribution is 2.39. The number of aliphatic imine (C=N–C) groups is 1. The van der Waals surface area contributed by atoms with Gasteiger partial charge in [-0.05, 0) is 49.5 Å². The van der Waals surface area contributed by atoms with Crippen molar-refractivity contribution in [2.75, 3.05) is 40.3 Å². The largest absolute Gasteiger partial charge is 0.625 e. The van der Waals surface area contributed by atoms with Gasteiger partial charge in [0.15, 0.2) is 0 Å². The van der Waals surface area contributed by atoms with E-state index in [1.165, 1.54) is 0 Å². The maximum Gasteiger partial charge on any atom is 0.295 e. The van der Waals surface area contributed by atoms with Crippen LogP contribution in [-0.2, 0) is 4.79 Å². The first-order chi connectivity index (χ1) is 16.5. The Balaban J connectivity index is 1.49. The molecule has 1 aromatic rings. The Kier molecular flexibility index (Phi) is 6.88. The van der Waals surface area contributed by atoms with Crippen molar-refractivity contribution in [2.24, 2.45) is 22.6 Å². The summed E-state index contributed by atoms with van der Waals surface area (Å²) in [4.78, 5) is 32.2. The highest BCUT2D eigenvalue weighted by atomic mass is 16.6. The van der Waals surface area contributed by atoms with Crippen LogP contribution in [0.4, 0.5) is 0 Å². The predicted octanol–water partition coefficient (Wildman–Crippen LogP) is 3.01. The number of hydrogen-bond acceptors (Lipinski definition) is 5. The van der Waals surface area contributed by atoms with Crippen molar-refractivity contribution in [3.8, 4) is 0 Å². The fourth-order valence-electron chi connectivity index (χ4n) is 5.59. The van der Waals surface area contributed by atoms with Gasteiger partial charge in [-0.2, -0.15) is 0 Å². The fourth-order valence-corrected chi connectivity index (χ4v) is 5.59. The summed E-state index contributed by atoms with van der Waals surface area (Å²) in [7, 11) is 3.49. The molecule has 4 rings (SSSR count). The number of nitrogens with zero attached hydrogens (tertiary/aromatic N) is 4. The Morgan fingerprint density at radius 2 is 2.00 bits per heavy atom. The molecule has 0 radical (unpaired) electrons. The van der Waals surface area contributed by atoms with Gasteiger partial charge in [-0.15, -0.1) is 0 Å². The summed E-state index contributed by atoms with van der Waals surface area (Å²) >= 11 is 0. The number of hydrogen-bond donors (Lipinski definition) is 1. The third kappa shape index (κ3) is 5.18. The smallest absolute Gasteiger partial charge is 0.295 e. The van der Waals surface area contributed by atoms with Gasteiger partial charge < -0.3 is 20.7 Å². The van der Waals surface area contributed by atoms with Crippen LogP contribution in [0.3, 0.4) is 0 Å². The summed E-state index contributed by atoms with van der Waals surface area (Å²) in [6.45, 7) is 5.74. The highest BCUT2D eigenvalue weighted by molar-refractivity contribution is 5.95. The summed E-state index contributed by atoms with van der Waals surface area (Å²) < 4.78 is -0.586. The van der Waals surface area contributed by atoms with Crippen LogP contribution >= 0.6 is 0 Å². The van der Waals surface area contributed by atoms with Crippen LogP contribution in [0.2, 0.25) is 0 Å². The number of benzene rings is 1. The van der Waals surface area contributed by atoms with Crippen LogP contribution < -0.4 is 5.73 Å². The zero-order chi connectivity index (χ0) is 25.4. The molecule has 2 heterocycles. The van der Waals surface area contributed by atoms with E-state index in [2.05, 4.69) is 18.2 Å². The number of likely N-dealkylation sites (tertiary alicyclic amines) is 1. The summed E-state index contributed by atoms with van der Waals surface area (Å²) in [6, 6.07) is 7.64.